The molecule has 14 nitrogen and oxygen atoms in total. The summed E-state index contributed by atoms with van der Waals surface area (Å²) in [6, 6.07) is 22.9. The van der Waals surface area contributed by atoms with E-state index in [1.54, 1.807) is 35.2 Å². The molecule has 14 heteroatoms. The van der Waals surface area contributed by atoms with Gasteiger partial charge < -0.3 is 46.3 Å². The first-order valence-electron chi connectivity index (χ1n) is 20.7. The molecule has 59 heavy (non-hydrogen) atoms. The van der Waals surface area contributed by atoms with Crippen molar-refractivity contribution in [2.75, 3.05) is 63.9 Å². The first-order chi connectivity index (χ1) is 28.5. The number of nitrogens with zero attached hydrogens (tertiary/aromatic N) is 5. The highest BCUT2D eigenvalue weighted by atomic mass is 16.5. The number of carbonyl (C=O) groups is 3. The van der Waals surface area contributed by atoms with E-state index < -0.39 is 0 Å². The number of para-hydroxylation sites is 1. The second-order valence-corrected chi connectivity index (χ2v) is 16.3. The Morgan fingerprint density at radius 3 is 2.34 bits per heavy atom. The monoisotopic (exact) mass is 801 g/mol. The first kappa shape index (κ1) is 39.8. The van der Waals surface area contributed by atoms with Crippen molar-refractivity contribution in [2.24, 2.45) is 23.1 Å². The predicted molar refractivity (Wildman–Crippen MR) is 228 cm³/mol. The second-order valence-electron chi connectivity index (χ2n) is 16.3. The van der Waals surface area contributed by atoms with E-state index in [0.717, 1.165) is 80.6 Å². The van der Waals surface area contributed by atoms with Crippen molar-refractivity contribution >= 4 is 40.1 Å². The number of carbonyl (C=O) groups excluding carboxylic acids is 3. The van der Waals surface area contributed by atoms with Crippen LogP contribution in [0.2, 0.25) is 0 Å². The van der Waals surface area contributed by atoms with Crippen LogP contribution in [0.3, 0.4) is 0 Å². The van der Waals surface area contributed by atoms with Crippen molar-refractivity contribution in [3.63, 3.8) is 0 Å². The van der Waals surface area contributed by atoms with Crippen LogP contribution in [0, 0.1) is 12.8 Å². The molecule has 0 radical (unpaired) electrons. The minimum Gasteiger partial charge on any atom is -0.507 e. The zero-order chi connectivity index (χ0) is 41.2. The fraction of sp³-hybridized carbons (Fsp3) is 0.400. The summed E-state index contributed by atoms with van der Waals surface area (Å²) in [7, 11) is 0. The molecule has 1 aromatic heterocycles. The van der Waals surface area contributed by atoms with Crippen molar-refractivity contribution < 1.29 is 24.2 Å². The number of phenols is 1. The highest BCUT2D eigenvalue weighted by Gasteiger charge is 2.31. The number of morpholine rings is 1. The maximum Gasteiger partial charge on any atom is 0.328 e. The van der Waals surface area contributed by atoms with Crippen molar-refractivity contribution in [3.8, 4) is 5.75 Å². The minimum atomic E-state index is -0.359. The average molecular weight is 802 g/mol. The molecular formula is C45H55N9O5. The maximum atomic E-state index is 13.6. The van der Waals surface area contributed by atoms with Crippen LogP contribution in [0.1, 0.15) is 71.4 Å². The molecule has 1 atom stereocenters. The molecule has 8 rings (SSSR count). The van der Waals surface area contributed by atoms with Crippen LogP contribution in [0.15, 0.2) is 90.4 Å². The zero-order valence-electron chi connectivity index (χ0n) is 33.7. The molecule has 8 N–H and O–H groups in total. The van der Waals surface area contributed by atoms with Crippen LogP contribution in [0.25, 0.3) is 16.6 Å². The topological polar surface area (TPSA) is 189 Å². The Balaban J connectivity index is 0.820. The molecule has 5 heterocycles. The van der Waals surface area contributed by atoms with Crippen molar-refractivity contribution in [1.29, 1.82) is 0 Å². The number of anilines is 1. The van der Waals surface area contributed by atoms with Crippen molar-refractivity contribution in [3.05, 3.63) is 113 Å². The third-order valence-corrected chi connectivity index (χ3v) is 12.5. The smallest absolute Gasteiger partial charge is 0.328 e. The van der Waals surface area contributed by atoms with Gasteiger partial charge in [-0.05, 0) is 92.6 Å². The lowest BCUT2D eigenvalue weighted by atomic mass is 9.94. The number of rotatable bonds is 9. The van der Waals surface area contributed by atoms with Gasteiger partial charge in [0.25, 0.3) is 5.91 Å². The quantitative estimate of drug-likeness (QED) is 0.148. The summed E-state index contributed by atoms with van der Waals surface area (Å²) in [4.78, 5) is 46.3. The second kappa shape index (κ2) is 17.1. The minimum absolute atomic E-state index is 0.0554. The number of likely N-dealkylation sites (tertiary alicyclic amines) is 2. The molecule has 4 aliphatic heterocycles. The molecule has 4 aromatic rings. The van der Waals surface area contributed by atoms with E-state index in [2.05, 4.69) is 33.8 Å². The number of fused-ring (bicyclic) bond motifs is 1. The van der Waals surface area contributed by atoms with Crippen molar-refractivity contribution in [1.82, 2.24) is 24.6 Å². The Morgan fingerprint density at radius 1 is 0.881 bits per heavy atom. The summed E-state index contributed by atoms with van der Waals surface area (Å²) in [5.41, 5.74) is 24.8. The summed E-state index contributed by atoms with van der Waals surface area (Å²) in [5.74, 6) is 0.574. The normalized spacial score (nSPS) is 20.3. The number of ether oxygens (including phenoxy) is 1. The maximum absolute atomic E-state index is 13.6. The van der Waals surface area contributed by atoms with Crippen LogP contribution >= 0.6 is 0 Å². The van der Waals surface area contributed by atoms with Crippen LogP contribution < -0.4 is 27.4 Å². The Bertz CT molecular complexity index is 2260. The van der Waals surface area contributed by atoms with E-state index in [0.29, 0.717) is 67.1 Å². The molecule has 4 fully saturated rings. The van der Waals surface area contributed by atoms with Gasteiger partial charge in [0.15, 0.2) is 0 Å². The summed E-state index contributed by atoms with van der Waals surface area (Å²) >= 11 is 0. The lowest BCUT2D eigenvalue weighted by Gasteiger charge is -2.38. The molecule has 0 saturated carbocycles. The van der Waals surface area contributed by atoms with E-state index in [1.807, 2.05) is 46.2 Å². The van der Waals surface area contributed by atoms with E-state index >= 15 is 0 Å². The van der Waals surface area contributed by atoms with E-state index in [9.17, 15) is 19.5 Å². The van der Waals surface area contributed by atoms with Gasteiger partial charge in [0, 0.05) is 92.7 Å². The number of urea groups is 1. The first-order valence-corrected chi connectivity index (χ1v) is 20.7. The molecule has 3 aromatic carbocycles. The number of aromatic nitrogens is 1. The molecule has 0 spiro atoms. The fourth-order valence-electron chi connectivity index (χ4n) is 9.32. The Morgan fingerprint density at radius 2 is 1.63 bits per heavy atom. The van der Waals surface area contributed by atoms with Gasteiger partial charge in [-0.2, -0.15) is 0 Å². The Labute approximate surface area is 344 Å². The number of amides is 4. The number of imide groups is 1. The molecular weight excluding hydrogens is 747 g/mol. The van der Waals surface area contributed by atoms with Gasteiger partial charge in [-0.3, -0.25) is 19.8 Å². The molecule has 4 aliphatic rings. The van der Waals surface area contributed by atoms with E-state index in [-0.39, 0.29) is 35.5 Å². The van der Waals surface area contributed by atoms with Crippen molar-refractivity contribution in [2.45, 2.75) is 51.2 Å². The largest absolute Gasteiger partial charge is 0.507 e. The van der Waals surface area contributed by atoms with Gasteiger partial charge in [0.1, 0.15) is 17.7 Å². The number of phenolic OH excluding ortho intramolecular Hbond substituents is 1. The van der Waals surface area contributed by atoms with E-state index in [4.69, 9.17) is 21.9 Å². The lowest BCUT2D eigenvalue weighted by molar-refractivity contribution is -0.120. The number of hydrogen-bond donors (Lipinski definition) is 5. The number of aryl methyl sites for hydroxylation is 1. The number of allylic oxidation sites excluding steroid dienone is 1. The van der Waals surface area contributed by atoms with Crippen LogP contribution in [-0.4, -0.2) is 101 Å². The molecule has 4 saturated heterocycles. The lowest BCUT2D eigenvalue weighted by Crippen LogP contribution is -2.49. The molecule has 0 bridgehead atoms. The highest BCUT2D eigenvalue weighted by molar-refractivity contribution is 6.09. The van der Waals surface area contributed by atoms with Gasteiger partial charge >= 0.3 is 6.03 Å². The number of nitrogens with two attached hydrogens (primary N) is 3. The van der Waals surface area contributed by atoms with Gasteiger partial charge in [0.2, 0.25) is 5.91 Å². The number of aromatic hydroxyl groups is 1. The van der Waals surface area contributed by atoms with Crippen LogP contribution in [-0.2, 0) is 9.53 Å². The Kier molecular flexibility index (Phi) is 11.5. The molecule has 0 aliphatic carbocycles. The average Bonchev–Trinajstić information content (AvgIpc) is 3.59. The summed E-state index contributed by atoms with van der Waals surface area (Å²) in [6.45, 7) is 8.62. The fourth-order valence-corrected chi connectivity index (χ4v) is 9.32. The number of piperidine rings is 2. The molecule has 4 amide bonds. The third-order valence-electron chi connectivity index (χ3n) is 12.5. The number of benzene rings is 3. The number of nitrogens with one attached hydrogen (secondary N) is 1. The molecule has 1 unspecified atom stereocenters. The third kappa shape index (κ3) is 8.46. The van der Waals surface area contributed by atoms with Gasteiger partial charge in [-0.15, -0.1) is 0 Å². The number of hydrogen-bond acceptors (Lipinski definition) is 10. The van der Waals surface area contributed by atoms with Gasteiger partial charge in [0.05, 0.1) is 23.5 Å². The molecule has 310 valence electrons. The standard InChI is InChI=1S/C45H55N9O5/c1-29-25-35-37(53-22-17-42(56)49-45(53)58)6-4-7-38(35)54(29)33-15-18-50(19-16-33)27-30-13-20-51(21-14-30)44(57)32-11-9-31(10-12-32)41-28-52(23-24-59-41)39(43(47)48)26-36(46)34-5-2-3-8-40(34)55/h2-12,25-26,30,33,41,55H,13-24,27-28,46-48H2,1H3,(H,49,56,58)/b36-26-. The summed E-state index contributed by atoms with van der Waals surface area (Å²) in [5, 5.41) is 13.8. The zero-order valence-corrected chi connectivity index (χ0v) is 33.7. The van der Waals surface area contributed by atoms with Crippen LogP contribution in [0.4, 0.5) is 10.5 Å². The summed E-state index contributed by atoms with van der Waals surface area (Å²) in [6.07, 6.45) is 5.80. The predicted octanol–water partition coefficient (Wildman–Crippen LogP) is 4.75. The van der Waals surface area contributed by atoms with Gasteiger partial charge in [-0.1, -0.05) is 30.3 Å². The SMILES string of the molecule is Cc1cc2c(N3CCC(=O)NC3=O)cccc2n1C1CCN(CC2CCN(C(=O)c3ccc(C4CN(C(/C=C(\N)c5ccccc5O)=C(N)N)CCO4)cc3)CC2)CC1. The van der Waals surface area contributed by atoms with Gasteiger partial charge in [-0.25, -0.2) is 4.79 Å². The highest BCUT2D eigenvalue weighted by Crippen LogP contribution is 2.36. The summed E-state index contributed by atoms with van der Waals surface area (Å²) < 4.78 is 8.58. The van der Waals surface area contributed by atoms with Crippen LogP contribution in [0.5, 0.6) is 5.75 Å². The Hall–Kier alpha value is -5.99. The van der Waals surface area contributed by atoms with E-state index in [1.165, 1.54) is 5.69 Å².